The van der Waals surface area contributed by atoms with E-state index >= 15 is 0 Å². The van der Waals surface area contributed by atoms with Gasteiger partial charge >= 0.3 is 0 Å². The van der Waals surface area contributed by atoms with Gasteiger partial charge in [0.2, 0.25) is 0 Å². The van der Waals surface area contributed by atoms with Gasteiger partial charge in [0.1, 0.15) is 5.75 Å². The summed E-state index contributed by atoms with van der Waals surface area (Å²) < 4.78 is 6.02. The van der Waals surface area contributed by atoms with Crippen LogP contribution in [0.3, 0.4) is 0 Å². The zero-order chi connectivity index (χ0) is 14.5. The van der Waals surface area contributed by atoms with Gasteiger partial charge in [0.25, 0.3) is 0 Å². The number of fused-ring (bicyclic) bond motifs is 1. The van der Waals surface area contributed by atoms with Gasteiger partial charge in [-0.05, 0) is 24.3 Å². The van der Waals surface area contributed by atoms with E-state index in [1.54, 1.807) is 4.90 Å². The van der Waals surface area contributed by atoms with Crippen molar-refractivity contribution in [2.45, 2.75) is 26.2 Å². The van der Waals surface area contributed by atoms with Crippen LogP contribution in [0.1, 0.15) is 26.2 Å². The molecule has 21 heavy (non-hydrogen) atoms. The van der Waals surface area contributed by atoms with Crippen LogP contribution in [0, 0.1) is 5.92 Å². The lowest BCUT2D eigenvalue weighted by atomic mass is 10.0. The summed E-state index contributed by atoms with van der Waals surface area (Å²) in [6.45, 7) is 7.14. The fourth-order valence-corrected chi connectivity index (χ4v) is 3.45. The van der Waals surface area contributed by atoms with Crippen molar-refractivity contribution >= 4 is 10.8 Å². The Bertz CT molecular complexity index is 575. The van der Waals surface area contributed by atoms with E-state index in [1.165, 1.54) is 43.2 Å². The number of ether oxygens (including phenoxy) is 1. The van der Waals surface area contributed by atoms with Crippen molar-refractivity contribution < 1.29 is 9.64 Å². The van der Waals surface area contributed by atoms with Crippen molar-refractivity contribution in [3.05, 3.63) is 42.5 Å². The molecule has 1 fully saturated rings. The van der Waals surface area contributed by atoms with Crippen molar-refractivity contribution in [2.75, 3.05) is 26.2 Å². The molecule has 2 aromatic carbocycles. The zero-order valence-corrected chi connectivity index (χ0v) is 13.0. The summed E-state index contributed by atoms with van der Waals surface area (Å²) in [5.74, 6) is 1.92. The molecule has 1 heterocycles. The molecule has 0 bridgehead atoms. The molecule has 2 nitrogen and oxygen atoms in total. The van der Waals surface area contributed by atoms with Gasteiger partial charge in [-0.25, -0.2) is 0 Å². The third-order valence-corrected chi connectivity index (χ3v) is 4.55. The van der Waals surface area contributed by atoms with Gasteiger partial charge in [-0.15, -0.1) is 0 Å². The molecule has 0 spiro atoms. The molecule has 1 unspecified atom stereocenters. The molecule has 0 aliphatic carbocycles. The summed E-state index contributed by atoms with van der Waals surface area (Å²) in [6.07, 6.45) is 3.95. The summed E-state index contributed by atoms with van der Waals surface area (Å²) >= 11 is 0. The molecule has 0 radical (unpaired) electrons. The predicted molar refractivity (Wildman–Crippen MR) is 88.0 cm³/mol. The van der Waals surface area contributed by atoms with E-state index in [4.69, 9.17) is 4.74 Å². The lowest BCUT2D eigenvalue weighted by Crippen LogP contribution is -3.13. The molecule has 2 aromatic rings. The Morgan fingerprint density at radius 3 is 2.90 bits per heavy atom. The Morgan fingerprint density at radius 2 is 2.00 bits per heavy atom. The fraction of sp³-hybridized carbons (Fsp3) is 0.474. The highest BCUT2D eigenvalue weighted by atomic mass is 16.5. The Labute approximate surface area is 127 Å². The topological polar surface area (TPSA) is 13.7 Å². The minimum absolute atomic E-state index is 0.825. The number of quaternary nitrogens is 1. The van der Waals surface area contributed by atoms with Gasteiger partial charge in [0.05, 0.1) is 26.2 Å². The van der Waals surface area contributed by atoms with E-state index in [9.17, 15) is 0 Å². The van der Waals surface area contributed by atoms with Crippen molar-refractivity contribution in [1.29, 1.82) is 0 Å². The second kappa shape index (κ2) is 6.95. The second-order valence-electron chi connectivity index (χ2n) is 6.38. The Hall–Kier alpha value is -1.54. The maximum Gasteiger partial charge on any atom is 0.127 e. The van der Waals surface area contributed by atoms with Crippen LogP contribution in [0.5, 0.6) is 5.75 Å². The Morgan fingerprint density at radius 1 is 1.14 bits per heavy atom. The molecule has 1 aliphatic heterocycles. The highest BCUT2D eigenvalue weighted by molar-refractivity contribution is 5.88. The standard InChI is InChI=1S/C19H25NO/c1-16-7-5-12-20(15-16)13-6-14-21-19-11-4-9-17-8-2-3-10-18(17)19/h2-4,8-11,16H,5-7,12-15H2,1H3/p+1/t16-/m1/s1. The number of piperidine rings is 1. The molecule has 1 aliphatic rings. The van der Waals surface area contributed by atoms with E-state index < -0.39 is 0 Å². The highest BCUT2D eigenvalue weighted by Crippen LogP contribution is 2.25. The summed E-state index contributed by atoms with van der Waals surface area (Å²) in [4.78, 5) is 1.76. The normalized spacial score (nSPS) is 22.3. The maximum absolute atomic E-state index is 6.02. The molecular formula is C19H26NO+. The lowest BCUT2D eigenvalue weighted by Gasteiger charge is -2.27. The average molecular weight is 284 g/mol. The first-order valence-electron chi connectivity index (χ1n) is 8.27. The number of hydrogen-bond donors (Lipinski definition) is 1. The van der Waals surface area contributed by atoms with Crippen LogP contribution in [-0.4, -0.2) is 26.2 Å². The maximum atomic E-state index is 6.02. The van der Waals surface area contributed by atoms with E-state index in [0.29, 0.717) is 0 Å². The van der Waals surface area contributed by atoms with Crippen molar-refractivity contribution in [3.63, 3.8) is 0 Å². The van der Waals surface area contributed by atoms with Crippen LogP contribution < -0.4 is 9.64 Å². The third kappa shape index (κ3) is 3.76. The minimum atomic E-state index is 0.825. The first kappa shape index (κ1) is 14.4. The smallest absolute Gasteiger partial charge is 0.127 e. The van der Waals surface area contributed by atoms with Crippen LogP contribution in [0.25, 0.3) is 10.8 Å². The highest BCUT2D eigenvalue weighted by Gasteiger charge is 2.18. The van der Waals surface area contributed by atoms with Gasteiger partial charge in [-0.2, -0.15) is 0 Å². The SMILES string of the molecule is C[C@@H]1CCC[NH+](CCCOc2cccc3ccccc23)C1. The largest absolute Gasteiger partial charge is 0.493 e. The minimum Gasteiger partial charge on any atom is -0.493 e. The van der Waals surface area contributed by atoms with Gasteiger partial charge < -0.3 is 9.64 Å². The number of likely N-dealkylation sites (tertiary alicyclic amines) is 1. The van der Waals surface area contributed by atoms with Crippen LogP contribution in [0.15, 0.2) is 42.5 Å². The van der Waals surface area contributed by atoms with E-state index in [2.05, 4.69) is 49.4 Å². The first-order chi connectivity index (χ1) is 10.3. The molecule has 3 rings (SSSR count). The lowest BCUT2D eigenvalue weighted by molar-refractivity contribution is -0.908. The summed E-state index contributed by atoms with van der Waals surface area (Å²) in [6, 6.07) is 14.7. The molecule has 0 amide bonds. The fourth-order valence-electron chi connectivity index (χ4n) is 3.45. The summed E-state index contributed by atoms with van der Waals surface area (Å²) in [7, 11) is 0. The third-order valence-electron chi connectivity index (χ3n) is 4.55. The average Bonchev–Trinajstić information content (AvgIpc) is 2.52. The Balaban J connectivity index is 1.50. The summed E-state index contributed by atoms with van der Waals surface area (Å²) in [5, 5.41) is 2.48. The summed E-state index contributed by atoms with van der Waals surface area (Å²) in [5.41, 5.74) is 0. The molecule has 0 saturated carbocycles. The molecule has 0 aromatic heterocycles. The van der Waals surface area contributed by atoms with Gasteiger partial charge in [-0.1, -0.05) is 43.3 Å². The molecule has 2 heteroatoms. The first-order valence-corrected chi connectivity index (χ1v) is 8.27. The predicted octanol–water partition coefficient (Wildman–Crippen LogP) is 2.92. The second-order valence-corrected chi connectivity index (χ2v) is 6.38. The van der Waals surface area contributed by atoms with E-state index in [0.717, 1.165) is 24.7 Å². The zero-order valence-electron chi connectivity index (χ0n) is 13.0. The number of benzene rings is 2. The van der Waals surface area contributed by atoms with Crippen molar-refractivity contribution in [2.24, 2.45) is 5.92 Å². The quantitative estimate of drug-likeness (QED) is 0.834. The van der Waals surface area contributed by atoms with E-state index in [1.807, 2.05) is 0 Å². The Kier molecular flexibility index (Phi) is 4.76. The van der Waals surface area contributed by atoms with Crippen molar-refractivity contribution in [3.8, 4) is 5.75 Å². The number of rotatable bonds is 5. The van der Waals surface area contributed by atoms with Crippen LogP contribution >= 0.6 is 0 Å². The molecule has 1 saturated heterocycles. The van der Waals surface area contributed by atoms with Crippen molar-refractivity contribution in [1.82, 2.24) is 0 Å². The monoisotopic (exact) mass is 284 g/mol. The molecule has 112 valence electrons. The van der Waals surface area contributed by atoms with E-state index in [-0.39, 0.29) is 0 Å². The number of hydrogen-bond acceptors (Lipinski definition) is 1. The van der Waals surface area contributed by atoms with Gasteiger partial charge in [0.15, 0.2) is 0 Å². The van der Waals surface area contributed by atoms with Gasteiger partial charge in [0, 0.05) is 17.7 Å². The molecular weight excluding hydrogens is 258 g/mol. The molecule has 1 N–H and O–H groups in total. The molecule has 2 atom stereocenters. The van der Waals surface area contributed by atoms with Crippen LogP contribution in [0.4, 0.5) is 0 Å². The van der Waals surface area contributed by atoms with Crippen LogP contribution in [-0.2, 0) is 0 Å². The number of nitrogens with one attached hydrogen (secondary N) is 1. The van der Waals surface area contributed by atoms with Crippen LogP contribution in [0.2, 0.25) is 0 Å². The van der Waals surface area contributed by atoms with Gasteiger partial charge in [-0.3, -0.25) is 0 Å².